The fourth-order valence-electron chi connectivity index (χ4n) is 1.55. The first kappa shape index (κ1) is 13.0. The van der Waals surface area contributed by atoms with Crippen LogP contribution in [0.4, 0.5) is 0 Å². The van der Waals surface area contributed by atoms with E-state index in [1.807, 2.05) is 27.7 Å². The average Bonchev–Trinajstić information content (AvgIpc) is 2.91. The van der Waals surface area contributed by atoms with Crippen LogP contribution in [-0.2, 0) is 9.59 Å². The van der Waals surface area contributed by atoms with Crippen LogP contribution in [0.5, 0.6) is 0 Å². The van der Waals surface area contributed by atoms with E-state index in [2.05, 4.69) is 10.6 Å². The van der Waals surface area contributed by atoms with Crippen molar-refractivity contribution in [3.05, 3.63) is 0 Å². The summed E-state index contributed by atoms with van der Waals surface area (Å²) in [5.74, 6) is -0.246. The molecule has 1 fully saturated rings. The molecule has 0 aliphatic heterocycles. The highest BCUT2D eigenvalue weighted by Gasteiger charge is 2.56. The van der Waals surface area contributed by atoms with Crippen molar-refractivity contribution in [2.45, 2.75) is 52.5 Å². The van der Waals surface area contributed by atoms with E-state index in [1.165, 1.54) is 0 Å². The second-order valence-electron chi connectivity index (χ2n) is 5.54. The van der Waals surface area contributed by atoms with Crippen molar-refractivity contribution in [2.24, 2.45) is 5.41 Å². The third-order valence-corrected chi connectivity index (χ3v) is 2.64. The number of nitrogens with one attached hydrogen (secondary N) is 2. The molecular formula is C12H22N2O2. The van der Waals surface area contributed by atoms with Gasteiger partial charge in [0, 0.05) is 12.1 Å². The van der Waals surface area contributed by atoms with E-state index in [0.29, 0.717) is 19.4 Å². The molecule has 0 heterocycles. The van der Waals surface area contributed by atoms with E-state index in [-0.39, 0.29) is 17.4 Å². The molecule has 0 atom stereocenters. The van der Waals surface area contributed by atoms with Gasteiger partial charge in [-0.2, -0.15) is 0 Å². The highest BCUT2D eigenvalue weighted by molar-refractivity contribution is 6.08. The lowest BCUT2D eigenvalue weighted by Crippen LogP contribution is -2.49. The van der Waals surface area contributed by atoms with Crippen LogP contribution in [0.3, 0.4) is 0 Å². The van der Waals surface area contributed by atoms with E-state index >= 15 is 0 Å². The molecule has 0 aromatic rings. The zero-order valence-corrected chi connectivity index (χ0v) is 10.6. The zero-order chi connectivity index (χ0) is 12.4. The van der Waals surface area contributed by atoms with Gasteiger partial charge in [-0.25, -0.2) is 0 Å². The van der Waals surface area contributed by atoms with Crippen LogP contribution in [0.2, 0.25) is 0 Å². The van der Waals surface area contributed by atoms with Crippen molar-refractivity contribution in [1.29, 1.82) is 0 Å². The van der Waals surface area contributed by atoms with Gasteiger partial charge in [-0.05, 0) is 40.0 Å². The summed E-state index contributed by atoms with van der Waals surface area (Å²) < 4.78 is 0. The summed E-state index contributed by atoms with van der Waals surface area (Å²) in [6, 6.07) is 0. The predicted molar refractivity (Wildman–Crippen MR) is 62.9 cm³/mol. The Bertz CT molecular complexity index is 288. The fourth-order valence-corrected chi connectivity index (χ4v) is 1.55. The molecule has 2 N–H and O–H groups in total. The van der Waals surface area contributed by atoms with Crippen molar-refractivity contribution in [3.8, 4) is 0 Å². The smallest absolute Gasteiger partial charge is 0.236 e. The lowest BCUT2D eigenvalue weighted by Gasteiger charge is -2.24. The number of amides is 2. The molecule has 4 heteroatoms. The molecule has 92 valence electrons. The highest BCUT2D eigenvalue weighted by atomic mass is 16.2. The topological polar surface area (TPSA) is 58.2 Å². The van der Waals surface area contributed by atoms with Gasteiger partial charge in [0.25, 0.3) is 0 Å². The molecule has 0 unspecified atom stereocenters. The molecule has 0 saturated heterocycles. The first-order valence-electron chi connectivity index (χ1n) is 5.93. The molecule has 4 nitrogen and oxygen atoms in total. The molecule has 1 aliphatic rings. The van der Waals surface area contributed by atoms with Gasteiger partial charge in [-0.1, -0.05) is 6.92 Å². The molecule has 1 rings (SSSR count). The summed E-state index contributed by atoms with van der Waals surface area (Å²) in [5, 5.41) is 5.68. The summed E-state index contributed by atoms with van der Waals surface area (Å²) in [7, 11) is 0. The van der Waals surface area contributed by atoms with E-state index in [0.717, 1.165) is 6.42 Å². The van der Waals surface area contributed by atoms with Crippen LogP contribution in [0.1, 0.15) is 47.0 Å². The van der Waals surface area contributed by atoms with E-state index in [4.69, 9.17) is 0 Å². The molecule has 0 bridgehead atoms. The second-order valence-corrected chi connectivity index (χ2v) is 5.54. The summed E-state index contributed by atoms with van der Waals surface area (Å²) in [6.07, 6.45) is 2.23. The van der Waals surface area contributed by atoms with Gasteiger partial charge in [-0.3, -0.25) is 9.59 Å². The second kappa shape index (κ2) is 4.44. The minimum atomic E-state index is -0.775. The Kier molecular flexibility index (Phi) is 3.61. The number of carbonyl (C=O) groups excluding carboxylic acids is 2. The number of hydrogen-bond donors (Lipinski definition) is 2. The monoisotopic (exact) mass is 226 g/mol. The number of rotatable bonds is 4. The zero-order valence-electron chi connectivity index (χ0n) is 10.6. The molecule has 0 spiro atoms. The van der Waals surface area contributed by atoms with Crippen LogP contribution in [0, 0.1) is 5.41 Å². The van der Waals surface area contributed by atoms with Gasteiger partial charge in [0.2, 0.25) is 11.8 Å². The van der Waals surface area contributed by atoms with Gasteiger partial charge in [0.05, 0.1) is 0 Å². The minimum Gasteiger partial charge on any atom is -0.355 e. The standard InChI is InChI=1S/C12H22N2O2/c1-5-8-13-9(15)12(6-7-12)10(16)14-11(2,3)4/h5-8H2,1-4H3,(H,13,15)(H,14,16). The molecular weight excluding hydrogens is 204 g/mol. The summed E-state index contributed by atoms with van der Waals surface area (Å²) in [4.78, 5) is 23.8. The lowest BCUT2D eigenvalue weighted by atomic mass is 10.0. The quantitative estimate of drug-likeness (QED) is 0.708. The van der Waals surface area contributed by atoms with Crippen molar-refractivity contribution >= 4 is 11.8 Å². The third-order valence-electron chi connectivity index (χ3n) is 2.64. The van der Waals surface area contributed by atoms with Crippen molar-refractivity contribution in [1.82, 2.24) is 10.6 Å². The summed E-state index contributed by atoms with van der Waals surface area (Å²) in [5.41, 5.74) is -1.06. The predicted octanol–water partition coefficient (Wildman–Crippen LogP) is 1.21. The number of hydrogen-bond acceptors (Lipinski definition) is 2. The molecule has 0 aromatic heterocycles. The maximum absolute atomic E-state index is 12.0. The Balaban J connectivity index is 2.57. The van der Waals surface area contributed by atoms with Crippen LogP contribution in [0.25, 0.3) is 0 Å². The van der Waals surface area contributed by atoms with E-state index < -0.39 is 5.41 Å². The van der Waals surface area contributed by atoms with Gasteiger partial charge >= 0.3 is 0 Å². The van der Waals surface area contributed by atoms with Gasteiger partial charge in [0.1, 0.15) is 5.41 Å². The van der Waals surface area contributed by atoms with Crippen LogP contribution in [-0.4, -0.2) is 23.9 Å². The molecule has 1 aliphatic carbocycles. The Morgan fingerprint density at radius 3 is 2.12 bits per heavy atom. The maximum atomic E-state index is 12.0. The largest absolute Gasteiger partial charge is 0.355 e. The van der Waals surface area contributed by atoms with Gasteiger partial charge in [-0.15, -0.1) is 0 Å². The Morgan fingerprint density at radius 2 is 1.75 bits per heavy atom. The van der Waals surface area contributed by atoms with E-state index in [9.17, 15) is 9.59 Å². The van der Waals surface area contributed by atoms with Crippen LogP contribution in [0.15, 0.2) is 0 Å². The molecule has 0 radical (unpaired) electrons. The summed E-state index contributed by atoms with van der Waals surface area (Å²) >= 11 is 0. The van der Waals surface area contributed by atoms with Crippen LogP contribution < -0.4 is 10.6 Å². The van der Waals surface area contributed by atoms with Gasteiger partial charge in [0.15, 0.2) is 0 Å². The molecule has 16 heavy (non-hydrogen) atoms. The molecule has 0 aromatic carbocycles. The third kappa shape index (κ3) is 2.97. The Labute approximate surface area is 97.2 Å². The number of carbonyl (C=O) groups is 2. The van der Waals surface area contributed by atoms with Crippen molar-refractivity contribution in [2.75, 3.05) is 6.54 Å². The van der Waals surface area contributed by atoms with E-state index in [1.54, 1.807) is 0 Å². The van der Waals surface area contributed by atoms with Gasteiger partial charge < -0.3 is 10.6 Å². The van der Waals surface area contributed by atoms with Crippen LogP contribution >= 0.6 is 0 Å². The summed E-state index contributed by atoms with van der Waals surface area (Å²) in [6.45, 7) is 8.40. The minimum absolute atomic E-state index is 0.115. The molecule has 2 amide bonds. The Hall–Kier alpha value is -1.06. The SMILES string of the molecule is CCCNC(=O)C1(C(=O)NC(C)(C)C)CC1. The first-order valence-corrected chi connectivity index (χ1v) is 5.93. The fraction of sp³-hybridized carbons (Fsp3) is 0.833. The maximum Gasteiger partial charge on any atom is 0.236 e. The normalized spacial score (nSPS) is 17.8. The highest BCUT2D eigenvalue weighted by Crippen LogP contribution is 2.46. The van der Waals surface area contributed by atoms with Crippen molar-refractivity contribution in [3.63, 3.8) is 0 Å². The first-order chi connectivity index (χ1) is 7.32. The Morgan fingerprint density at radius 1 is 1.19 bits per heavy atom. The average molecular weight is 226 g/mol. The lowest BCUT2D eigenvalue weighted by molar-refractivity contribution is -0.138. The van der Waals surface area contributed by atoms with Crippen molar-refractivity contribution < 1.29 is 9.59 Å². The molecule has 1 saturated carbocycles.